The Morgan fingerprint density at radius 2 is 1.38 bits per heavy atom. The Morgan fingerprint density at radius 3 is 1.85 bits per heavy atom. The van der Waals surface area contributed by atoms with Crippen molar-refractivity contribution in [3.63, 3.8) is 0 Å². The van der Waals surface area contributed by atoms with Crippen LogP contribution in [0.25, 0.3) is 11.1 Å². The molecule has 2 rings (SSSR count). The highest BCUT2D eigenvalue weighted by atomic mass is 16.6. The third-order valence-corrected chi connectivity index (χ3v) is 4.72. The topological polar surface area (TPSA) is 83.8 Å². The van der Waals surface area contributed by atoms with Crippen LogP contribution in [0.2, 0.25) is 0 Å². The van der Waals surface area contributed by atoms with Crippen molar-refractivity contribution in [3.05, 3.63) is 60.2 Å². The predicted molar refractivity (Wildman–Crippen MR) is 98.7 cm³/mol. The summed E-state index contributed by atoms with van der Waals surface area (Å²) < 4.78 is 5.53. The smallest absolute Gasteiger partial charge is 0.348 e. The zero-order chi connectivity index (χ0) is 19.2. The third-order valence-electron chi connectivity index (χ3n) is 4.72. The molecule has 0 radical (unpaired) electrons. The van der Waals surface area contributed by atoms with E-state index in [0.717, 1.165) is 16.7 Å². The monoisotopic (exact) mass is 356 g/mol. The van der Waals surface area contributed by atoms with Crippen molar-refractivity contribution in [2.24, 2.45) is 5.92 Å². The first kappa shape index (κ1) is 19.7. The zero-order valence-corrected chi connectivity index (χ0v) is 15.0. The number of aliphatic carboxylic acids is 2. The van der Waals surface area contributed by atoms with Gasteiger partial charge in [-0.25, -0.2) is 9.59 Å². The average Bonchev–Trinajstić information content (AvgIpc) is 2.65. The number of carbonyl (C=O) groups is 2. The molecular weight excluding hydrogens is 332 g/mol. The second-order valence-electron chi connectivity index (χ2n) is 6.21. The van der Waals surface area contributed by atoms with E-state index >= 15 is 0 Å². The van der Waals surface area contributed by atoms with E-state index in [4.69, 9.17) is 4.74 Å². The highest BCUT2D eigenvalue weighted by Gasteiger charge is 2.53. The van der Waals surface area contributed by atoms with Crippen LogP contribution in [-0.2, 0) is 20.9 Å². The molecule has 0 aliphatic carbocycles. The van der Waals surface area contributed by atoms with Crippen LogP contribution in [0.15, 0.2) is 54.6 Å². The molecule has 2 N–H and O–H groups in total. The normalized spacial score (nSPS) is 11.5. The molecule has 0 atom stereocenters. The van der Waals surface area contributed by atoms with Crippen molar-refractivity contribution < 1.29 is 24.5 Å². The first-order valence-electron chi connectivity index (χ1n) is 8.70. The molecule has 2 aromatic rings. The predicted octanol–water partition coefficient (Wildman–Crippen LogP) is 4.21. The van der Waals surface area contributed by atoms with Gasteiger partial charge < -0.3 is 14.9 Å². The fraction of sp³-hybridized carbons (Fsp3) is 0.333. The summed E-state index contributed by atoms with van der Waals surface area (Å²) >= 11 is 0. The standard InChI is InChI=1S/C21H24O5/c1-3-18(4-2)21(19(22)23,20(24)25)26-14-15-10-12-17(13-11-15)16-8-6-5-7-9-16/h5-13,18H,3-4,14H2,1-2H3,(H,22,23)(H,24,25). The molecule has 0 saturated carbocycles. The van der Waals surface area contributed by atoms with Gasteiger partial charge in [0.2, 0.25) is 0 Å². The van der Waals surface area contributed by atoms with Gasteiger partial charge in [-0.05, 0) is 29.5 Å². The number of ether oxygens (including phenoxy) is 1. The van der Waals surface area contributed by atoms with Crippen molar-refractivity contribution in [1.29, 1.82) is 0 Å². The number of rotatable bonds is 9. The van der Waals surface area contributed by atoms with Gasteiger partial charge in [0.25, 0.3) is 5.60 Å². The highest BCUT2D eigenvalue weighted by Crippen LogP contribution is 2.30. The van der Waals surface area contributed by atoms with Crippen molar-refractivity contribution in [2.75, 3.05) is 0 Å². The first-order valence-corrected chi connectivity index (χ1v) is 8.70. The Hall–Kier alpha value is -2.66. The summed E-state index contributed by atoms with van der Waals surface area (Å²) in [5.74, 6) is -3.53. The van der Waals surface area contributed by atoms with E-state index in [1.165, 1.54) is 0 Å². The number of carboxylic acid groups (broad SMARTS) is 2. The van der Waals surface area contributed by atoms with Crippen LogP contribution in [-0.4, -0.2) is 27.8 Å². The summed E-state index contributed by atoms with van der Waals surface area (Å²) in [6.07, 6.45) is 0.810. The molecule has 0 amide bonds. The Bertz CT molecular complexity index is 719. The van der Waals surface area contributed by atoms with Crippen LogP contribution in [0.5, 0.6) is 0 Å². The summed E-state index contributed by atoms with van der Waals surface area (Å²) in [5.41, 5.74) is 0.587. The Labute approximate surface area is 153 Å². The SMILES string of the molecule is CCC(CC)C(OCc1ccc(-c2ccccc2)cc1)(C(=O)O)C(=O)O. The van der Waals surface area contributed by atoms with Crippen molar-refractivity contribution in [2.45, 2.75) is 38.9 Å². The minimum Gasteiger partial charge on any atom is -0.479 e. The molecular formula is C21H24O5. The van der Waals surface area contributed by atoms with E-state index in [2.05, 4.69) is 0 Å². The molecule has 0 unspecified atom stereocenters. The summed E-state index contributed by atoms with van der Waals surface area (Å²) in [4.78, 5) is 23.6. The van der Waals surface area contributed by atoms with E-state index in [9.17, 15) is 19.8 Å². The summed E-state index contributed by atoms with van der Waals surface area (Å²) in [6.45, 7) is 3.46. The van der Waals surface area contributed by atoms with Crippen LogP contribution in [0, 0.1) is 5.92 Å². The second kappa shape index (κ2) is 8.63. The molecule has 0 spiro atoms. The quantitative estimate of drug-likeness (QED) is 0.657. The number of benzene rings is 2. The van der Waals surface area contributed by atoms with Gasteiger partial charge in [-0.15, -0.1) is 0 Å². The van der Waals surface area contributed by atoms with Gasteiger partial charge in [0.05, 0.1) is 6.61 Å². The van der Waals surface area contributed by atoms with Crippen molar-refractivity contribution >= 4 is 11.9 Å². The minimum absolute atomic E-state index is 0.0792. The molecule has 5 heteroatoms. The summed E-state index contributed by atoms with van der Waals surface area (Å²) in [7, 11) is 0. The van der Waals surface area contributed by atoms with E-state index < -0.39 is 23.5 Å². The van der Waals surface area contributed by atoms with Crippen molar-refractivity contribution in [3.8, 4) is 11.1 Å². The number of carboxylic acids is 2. The fourth-order valence-electron chi connectivity index (χ4n) is 3.17. The number of hydrogen-bond acceptors (Lipinski definition) is 3. The first-order chi connectivity index (χ1) is 12.5. The van der Waals surface area contributed by atoms with Gasteiger partial charge in [-0.3, -0.25) is 0 Å². The van der Waals surface area contributed by atoms with Crippen LogP contribution in [0.1, 0.15) is 32.3 Å². The van der Waals surface area contributed by atoms with Crippen LogP contribution in [0.3, 0.4) is 0 Å². The maximum absolute atomic E-state index is 11.8. The molecule has 0 heterocycles. The largest absolute Gasteiger partial charge is 0.479 e. The van der Waals surface area contributed by atoms with E-state index in [-0.39, 0.29) is 6.61 Å². The molecule has 5 nitrogen and oxygen atoms in total. The van der Waals surface area contributed by atoms with Gasteiger partial charge in [0.15, 0.2) is 0 Å². The maximum Gasteiger partial charge on any atom is 0.348 e. The Kier molecular flexibility index (Phi) is 6.52. The van der Waals surface area contributed by atoms with Crippen LogP contribution >= 0.6 is 0 Å². The molecule has 0 bridgehead atoms. The van der Waals surface area contributed by atoms with E-state index in [0.29, 0.717) is 12.8 Å². The summed E-state index contributed by atoms with van der Waals surface area (Å²) in [6, 6.07) is 17.3. The van der Waals surface area contributed by atoms with E-state index in [1.54, 1.807) is 13.8 Å². The Balaban J connectivity index is 2.21. The van der Waals surface area contributed by atoms with Crippen LogP contribution < -0.4 is 0 Å². The molecule has 0 aliphatic rings. The zero-order valence-electron chi connectivity index (χ0n) is 15.0. The van der Waals surface area contributed by atoms with Gasteiger partial charge in [0.1, 0.15) is 0 Å². The third kappa shape index (κ3) is 3.94. The lowest BCUT2D eigenvalue weighted by Crippen LogP contribution is -2.54. The highest BCUT2D eigenvalue weighted by molar-refractivity contribution is 6.02. The molecule has 0 aromatic heterocycles. The molecule has 0 fully saturated rings. The Morgan fingerprint density at radius 1 is 0.885 bits per heavy atom. The van der Waals surface area contributed by atoms with Crippen LogP contribution in [0.4, 0.5) is 0 Å². The lowest BCUT2D eigenvalue weighted by atomic mass is 9.83. The summed E-state index contributed by atoms with van der Waals surface area (Å²) in [5, 5.41) is 19.2. The maximum atomic E-state index is 11.8. The minimum atomic E-state index is -2.23. The molecule has 0 aliphatic heterocycles. The van der Waals surface area contributed by atoms with Gasteiger partial charge >= 0.3 is 11.9 Å². The second-order valence-corrected chi connectivity index (χ2v) is 6.21. The molecule has 26 heavy (non-hydrogen) atoms. The lowest BCUT2D eigenvalue weighted by molar-refractivity contribution is -0.194. The van der Waals surface area contributed by atoms with Gasteiger partial charge in [-0.2, -0.15) is 0 Å². The van der Waals surface area contributed by atoms with E-state index in [1.807, 2.05) is 54.6 Å². The molecule has 0 saturated heterocycles. The molecule has 138 valence electrons. The fourth-order valence-corrected chi connectivity index (χ4v) is 3.17. The average molecular weight is 356 g/mol. The van der Waals surface area contributed by atoms with Gasteiger partial charge in [0, 0.05) is 5.92 Å². The number of hydrogen-bond donors (Lipinski definition) is 2. The lowest BCUT2D eigenvalue weighted by Gasteiger charge is -2.32. The van der Waals surface area contributed by atoms with Crippen molar-refractivity contribution in [1.82, 2.24) is 0 Å². The molecule has 2 aromatic carbocycles. The van der Waals surface area contributed by atoms with Gasteiger partial charge in [-0.1, -0.05) is 68.4 Å².